The number of aromatic nitrogens is 1. The predicted molar refractivity (Wildman–Crippen MR) is 73.6 cm³/mol. The monoisotopic (exact) mass is 261 g/mol. The molecule has 0 aliphatic carbocycles. The topological polar surface area (TPSA) is 68.0 Å². The van der Waals surface area contributed by atoms with Crippen molar-refractivity contribution in [1.29, 1.82) is 0 Å². The molecule has 1 atom stereocenters. The highest BCUT2D eigenvalue weighted by Gasteiger charge is 2.15. The Bertz CT molecular complexity index is 524. The highest BCUT2D eigenvalue weighted by molar-refractivity contribution is 7.13. The molecular formula is C13H15N3OS. The molecule has 1 heterocycles. The predicted octanol–water partition coefficient (Wildman–Crippen LogP) is 1.96. The zero-order valence-corrected chi connectivity index (χ0v) is 10.9. The van der Waals surface area contributed by atoms with Crippen LogP contribution in [0.2, 0.25) is 0 Å². The van der Waals surface area contributed by atoms with E-state index in [1.54, 1.807) is 0 Å². The third-order valence-electron chi connectivity index (χ3n) is 2.48. The Morgan fingerprint density at radius 2 is 2.17 bits per heavy atom. The lowest BCUT2D eigenvalue weighted by Crippen LogP contribution is -2.37. The van der Waals surface area contributed by atoms with Gasteiger partial charge in [-0.1, -0.05) is 30.3 Å². The second-order valence-electron chi connectivity index (χ2n) is 4.08. The molecule has 0 bridgehead atoms. The summed E-state index contributed by atoms with van der Waals surface area (Å²) in [7, 11) is 0. The first-order chi connectivity index (χ1) is 8.65. The zero-order valence-electron chi connectivity index (χ0n) is 10.1. The number of nitrogens with zero attached hydrogens (tertiary/aromatic N) is 1. The molecule has 0 saturated heterocycles. The zero-order chi connectivity index (χ0) is 13.0. The number of benzene rings is 1. The number of anilines is 1. The second kappa shape index (κ2) is 5.75. The molecule has 1 amide bonds. The van der Waals surface area contributed by atoms with Gasteiger partial charge in [-0.15, -0.1) is 11.3 Å². The third-order valence-corrected chi connectivity index (χ3v) is 3.36. The van der Waals surface area contributed by atoms with E-state index < -0.39 is 6.04 Å². The smallest absolute Gasteiger partial charge is 0.243 e. The van der Waals surface area contributed by atoms with E-state index in [-0.39, 0.29) is 5.91 Å². The lowest BCUT2D eigenvalue weighted by atomic mass is 10.1. The molecule has 2 aromatic rings. The molecule has 0 spiro atoms. The largest absolute Gasteiger partial charge is 0.320 e. The fourth-order valence-corrected chi connectivity index (χ4v) is 2.26. The lowest BCUT2D eigenvalue weighted by molar-refractivity contribution is -0.117. The summed E-state index contributed by atoms with van der Waals surface area (Å²) in [6, 6.07) is 9.17. The average molecular weight is 261 g/mol. The van der Waals surface area contributed by atoms with Gasteiger partial charge in [0.2, 0.25) is 5.91 Å². The van der Waals surface area contributed by atoms with Crippen LogP contribution in [0.5, 0.6) is 0 Å². The minimum atomic E-state index is -0.559. The van der Waals surface area contributed by atoms with Crippen LogP contribution < -0.4 is 11.1 Å². The van der Waals surface area contributed by atoms with Crippen LogP contribution in [0.15, 0.2) is 35.7 Å². The minimum absolute atomic E-state index is 0.201. The summed E-state index contributed by atoms with van der Waals surface area (Å²) < 4.78 is 0. The maximum atomic E-state index is 11.9. The SMILES string of the molecule is Cc1csc(NC(=O)[C@H](N)Cc2ccccc2)n1. The number of carbonyl (C=O) groups excluding carboxylic acids is 1. The van der Waals surface area contributed by atoms with Gasteiger partial charge in [0.05, 0.1) is 11.7 Å². The van der Waals surface area contributed by atoms with Gasteiger partial charge in [0.25, 0.3) is 0 Å². The number of rotatable bonds is 4. The van der Waals surface area contributed by atoms with Crippen molar-refractivity contribution in [3.8, 4) is 0 Å². The van der Waals surface area contributed by atoms with Crippen molar-refractivity contribution in [1.82, 2.24) is 4.98 Å². The van der Waals surface area contributed by atoms with Gasteiger partial charge >= 0.3 is 0 Å². The lowest BCUT2D eigenvalue weighted by Gasteiger charge is -2.10. The maximum absolute atomic E-state index is 11.9. The second-order valence-corrected chi connectivity index (χ2v) is 4.94. The summed E-state index contributed by atoms with van der Waals surface area (Å²) in [6.07, 6.45) is 0.525. The Morgan fingerprint density at radius 3 is 2.78 bits per heavy atom. The summed E-state index contributed by atoms with van der Waals surface area (Å²) in [6.45, 7) is 1.88. The van der Waals surface area contributed by atoms with Crippen LogP contribution in [0.1, 0.15) is 11.3 Å². The van der Waals surface area contributed by atoms with E-state index in [0.717, 1.165) is 11.3 Å². The van der Waals surface area contributed by atoms with Gasteiger partial charge < -0.3 is 11.1 Å². The number of aryl methyl sites for hydroxylation is 1. The van der Waals surface area contributed by atoms with Gasteiger partial charge in [0.15, 0.2) is 5.13 Å². The van der Waals surface area contributed by atoms with Gasteiger partial charge in [-0.05, 0) is 18.9 Å². The Kier molecular flexibility index (Phi) is 4.07. The highest BCUT2D eigenvalue weighted by Crippen LogP contribution is 2.14. The average Bonchev–Trinajstić information content (AvgIpc) is 2.76. The molecule has 0 unspecified atom stereocenters. The molecule has 0 fully saturated rings. The van der Waals surface area contributed by atoms with E-state index in [9.17, 15) is 4.79 Å². The number of carbonyl (C=O) groups is 1. The summed E-state index contributed by atoms with van der Waals surface area (Å²) in [5.41, 5.74) is 7.82. The normalized spacial score (nSPS) is 12.1. The summed E-state index contributed by atoms with van der Waals surface area (Å²) >= 11 is 1.40. The van der Waals surface area contributed by atoms with Crippen molar-refractivity contribution in [2.45, 2.75) is 19.4 Å². The first-order valence-corrected chi connectivity index (χ1v) is 6.55. The Balaban J connectivity index is 1.93. The van der Waals surface area contributed by atoms with Crippen LogP contribution in [0, 0.1) is 6.92 Å². The van der Waals surface area contributed by atoms with E-state index in [1.807, 2.05) is 42.6 Å². The first kappa shape index (κ1) is 12.7. The number of nitrogens with two attached hydrogens (primary N) is 1. The quantitative estimate of drug-likeness (QED) is 0.884. The molecule has 4 nitrogen and oxygen atoms in total. The van der Waals surface area contributed by atoms with Crippen molar-refractivity contribution in [2.24, 2.45) is 5.73 Å². The van der Waals surface area contributed by atoms with Gasteiger partial charge in [-0.2, -0.15) is 0 Å². The Labute approximate surface area is 110 Å². The summed E-state index contributed by atoms with van der Waals surface area (Å²) in [4.78, 5) is 16.0. The van der Waals surface area contributed by atoms with Crippen LogP contribution >= 0.6 is 11.3 Å². The Hall–Kier alpha value is -1.72. The molecule has 1 aromatic heterocycles. The molecule has 3 N–H and O–H groups in total. The van der Waals surface area contributed by atoms with E-state index >= 15 is 0 Å². The number of hydrogen-bond donors (Lipinski definition) is 2. The van der Waals surface area contributed by atoms with Gasteiger partial charge in [0.1, 0.15) is 0 Å². The van der Waals surface area contributed by atoms with Crippen LogP contribution in [-0.2, 0) is 11.2 Å². The van der Waals surface area contributed by atoms with Crippen molar-refractivity contribution < 1.29 is 4.79 Å². The minimum Gasteiger partial charge on any atom is -0.320 e. The molecule has 0 aliphatic rings. The number of thiazole rings is 1. The van der Waals surface area contributed by atoms with E-state index in [4.69, 9.17) is 5.73 Å². The van der Waals surface area contributed by atoms with Crippen LogP contribution in [0.25, 0.3) is 0 Å². The van der Waals surface area contributed by atoms with Crippen molar-refractivity contribution in [3.05, 3.63) is 47.0 Å². The van der Waals surface area contributed by atoms with E-state index in [0.29, 0.717) is 11.6 Å². The molecular weight excluding hydrogens is 246 g/mol. The first-order valence-electron chi connectivity index (χ1n) is 5.67. The molecule has 0 aliphatic heterocycles. The number of hydrogen-bond acceptors (Lipinski definition) is 4. The molecule has 18 heavy (non-hydrogen) atoms. The molecule has 0 radical (unpaired) electrons. The highest BCUT2D eigenvalue weighted by atomic mass is 32.1. The van der Waals surface area contributed by atoms with E-state index in [1.165, 1.54) is 11.3 Å². The fraction of sp³-hybridized carbons (Fsp3) is 0.231. The summed E-state index contributed by atoms with van der Waals surface area (Å²) in [5.74, 6) is -0.201. The van der Waals surface area contributed by atoms with Crippen molar-refractivity contribution in [3.63, 3.8) is 0 Å². The van der Waals surface area contributed by atoms with Crippen LogP contribution in [0.4, 0.5) is 5.13 Å². The molecule has 5 heteroatoms. The summed E-state index contributed by atoms with van der Waals surface area (Å²) in [5, 5.41) is 5.21. The van der Waals surface area contributed by atoms with E-state index in [2.05, 4.69) is 10.3 Å². The fourth-order valence-electron chi connectivity index (χ4n) is 1.57. The molecule has 1 aromatic carbocycles. The van der Waals surface area contributed by atoms with Gasteiger partial charge in [-0.3, -0.25) is 4.79 Å². The third kappa shape index (κ3) is 3.38. The van der Waals surface area contributed by atoms with Gasteiger partial charge in [-0.25, -0.2) is 4.98 Å². The maximum Gasteiger partial charge on any atom is 0.243 e. The van der Waals surface area contributed by atoms with Crippen LogP contribution in [0.3, 0.4) is 0 Å². The molecule has 0 saturated carbocycles. The standard InChI is InChI=1S/C13H15N3OS/c1-9-8-18-13(15-9)16-12(17)11(14)7-10-5-3-2-4-6-10/h2-6,8,11H,7,14H2,1H3,(H,15,16,17)/t11-/m1/s1. The molecule has 94 valence electrons. The van der Waals surface area contributed by atoms with Crippen molar-refractivity contribution >= 4 is 22.4 Å². The number of nitrogens with one attached hydrogen (secondary N) is 1. The van der Waals surface area contributed by atoms with Crippen LogP contribution in [-0.4, -0.2) is 16.9 Å². The van der Waals surface area contributed by atoms with Crippen molar-refractivity contribution in [2.75, 3.05) is 5.32 Å². The number of amides is 1. The Morgan fingerprint density at radius 1 is 1.44 bits per heavy atom. The van der Waals surface area contributed by atoms with Gasteiger partial charge in [0, 0.05) is 5.38 Å². The molecule has 2 rings (SSSR count).